The third-order valence-corrected chi connectivity index (χ3v) is 12.5. The molecule has 0 amide bonds. The number of allylic oxidation sites excluding steroid dienone is 20. The fourth-order valence-corrected chi connectivity index (χ4v) is 7.93. The molecule has 0 aliphatic heterocycles. The highest BCUT2D eigenvalue weighted by Crippen LogP contribution is 2.43. The van der Waals surface area contributed by atoms with E-state index in [1.165, 1.54) is 51.4 Å². The minimum atomic E-state index is -4.40. The van der Waals surface area contributed by atoms with Gasteiger partial charge < -0.3 is 18.9 Å². The van der Waals surface area contributed by atoms with E-state index in [1.54, 1.807) is 0 Å². The molecule has 72 heavy (non-hydrogen) atoms. The summed E-state index contributed by atoms with van der Waals surface area (Å²) in [5.41, 5.74) is 0. The standard InChI is InChI=1S/C62H104NO8P/c1-6-8-10-12-14-16-18-20-22-24-25-26-27-28-29-30-31-32-33-34-35-36-37-39-41-43-45-47-49-51-53-55-62(65)71-60(59-70-72(66,67)69-57-56-63(3,4)5)58-68-61(64)54-52-50-48-46-44-42-40-38-23-21-19-17-15-13-11-9-7-2/h8-11,14-17,20-23,25-26,28-29,31-32,34-35,60H,6-7,12-13,18-19,24,27,30,33,36-59H2,1-5H3/p+1/b10-8-,11-9-,16-14-,17-15-,22-20-,23-21-,26-25-,29-28-,32-31-,35-34-. The summed E-state index contributed by atoms with van der Waals surface area (Å²) < 4.78 is 34.5. The largest absolute Gasteiger partial charge is 0.472 e. The van der Waals surface area contributed by atoms with Crippen LogP contribution in [-0.2, 0) is 32.7 Å². The highest BCUT2D eigenvalue weighted by atomic mass is 31.2. The summed E-state index contributed by atoms with van der Waals surface area (Å²) in [5, 5.41) is 0. The predicted octanol–water partition coefficient (Wildman–Crippen LogP) is 17.6. The molecule has 9 nitrogen and oxygen atoms in total. The quantitative estimate of drug-likeness (QED) is 0.0211. The van der Waals surface area contributed by atoms with Gasteiger partial charge in [0.05, 0.1) is 27.7 Å². The third-order valence-electron chi connectivity index (χ3n) is 11.5. The first-order valence-electron chi connectivity index (χ1n) is 28.3. The SMILES string of the molecule is CC/C=C\C/C=C\C/C=C\C/C=C\C/C=C\C/C=C\C/C=C\CCCCCCCCCCCC(=O)OC(COC(=O)CCCCCCCCC/C=C\C/C=C\C/C=C\CC)COP(=O)(O)OCC[N+](C)(C)C. The van der Waals surface area contributed by atoms with Crippen LogP contribution >= 0.6 is 7.82 Å². The fraction of sp³-hybridized carbons (Fsp3) is 0.645. The Morgan fingerprint density at radius 1 is 0.431 bits per heavy atom. The van der Waals surface area contributed by atoms with Crippen LogP contribution in [0, 0.1) is 0 Å². The van der Waals surface area contributed by atoms with E-state index in [0.29, 0.717) is 17.4 Å². The second-order valence-corrected chi connectivity index (χ2v) is 21.0. The average molecular weight is 1020 g/mol. The number of hydrogen-bond donors (Lipinski definition) is 1. The Morgan fingerprint density at radius 2 is 0.750 bits per heavy atom. The van der Waals surface area contributed by atoms with Crippen LogP contribution in [0.4, 0.5) is 0 Å². The number of hydrogen-bond acceptors (Lipinski definition) is 7. The molecule has 0 aromatic carbocycles. The van der Waals surface area contributed by atoms with Gasteiger partial charge in [0.1, 0.15) is 19.8 Å². The lowest BCUT2D eigenvalue weighted by molar-refractivity contribution is -0.870. The van der Waals surface area contributed by atoms with Crippen molar-refractivity contribution >= 4 is 19.8 Å². The van der Waals surface area contributed by atoms with Crippen LogP contribution in [0.2, 0.25) is 0 Å². The molecule has 410 valence electrons. The Hall–Kier alpha value is -3.59. The summed E-state index contributed by atoms with van der Waals surface area (Å²) in [4.78, 5) is 35.6. The molecule has 0 radical (unpaired) electrons. The van der Waals surface area contributed by atoms with Crippen molar-refractivity contribution < 1.29 is 42.1 Å². The maximum absolute atomic E-state index is 12.8. The van der Waals surface area contributed by atoms with E-state index < -0.39 is 26.5 Å². The number of nitrogens with zero attached hydrogens (tertiary/aromatic N) is 1. The number of likely N-dealkylation sites (N-methyl/N-ethyl adjacent to an activating group) is 1. The maximum atomic E-state index is 12.8. The van der Waals surface area contributed by atoms with Gasteiger partial charge in [-0.1, -0.05) is 212 Å². The normalized spacial score (nSPS) is 14.2. The fourth-order valence-electron chi connectivity index (χ4n) is 7.19. The summed E-state index contributed by atoms with van der Waals surface area (Å²) in [7, 11) is 1.45. The van der Waals surface area contributed by atoms with Crippen LogP contribution < -0.4 is 0 Å². The van der Waals surface area contributed by atoms with Crippen LogP contribution in [0.3, 0.4) is 0 Å². The van der Waals surface area contributed by atoms with Gasteiger partial charge in [-0.3, -0.25) is 18.6 Å². The Bertz CT molecular complexity index is 1630. The minimum absolute atomic E-state index is 0.0221. The molecule has 0 aliphatic carbocycles. The molecule has 0 bridgehead atoms. The van der Waals surface area contributed by atoms with Crippen molar-refractivity contribution in [1.29, 1.82) is 0 Å². The van der Waals surface area contributed by atoms with Crippen LogP contribution in [0.15, 0.2) is 122 Å². The first-order valence-corrected chi connectivity index (χ1v) is 29.8. The molecule has 0 saturated carbocycles. The van der Waals surface area contributed by atoms with Gasteiger partial charge in [0.2, 0.25) is 0 Å². The lowest BCUT2D eigenvalue weighted by Crippen LogP contribution is -2.37. The van der Waals surface area contributed by atoms with Crippen molar-refractivity contribution in [3.05, 3.63) is 122 Å². The molecule has 10 heteroatoms. The van der Waals surface area contributed by atoms with Gasteiger partial charge in [-0.2, -0.15) is 0 Å². The molecule has 0 spiro atoms. The molecule has 0 saturated heterocycles. The number of esters is 2. The smallest absolute Gasteiger partial charge is 0.462 e. The second-order valence-electron chi connectivity index (χ2n) is 19.6. The number of rotatable bonds is 50. The van der Waals surface area contributed by atoms with E-state index in [9.17, 15) is 19.0 Å². The van der Waals surface area contributed by atoms with Gasteiger partial charge in [-0.15, -0.1) is 0 Å². The molecule has 1 N–H and O–H groups in total. The van der Waals surface area contributed by atoms with Crippen molar-refractivity contribution in [2.45, 2.75) is 213 Å². The van der Waals surface area contributed by atoms with Gasteiger partial charge in [-0.05, 0) is 103 Å². The number of phosphoric ester groups is 1. The lowest BCUT2D eigenvalue weighted by atomic mass is 10.1. The van der Waals surface area contributed by atoms with Crippen LogP contribution in [0.5, 0.6) is 0 Å². The first kappa shape index (κ1) is 68.4. The summed E-state index contributed by atoms with van der Waals surface area (Å²) >= 11 is 0. The van der Waals surface area contributed by atoms with E-state index in [1.807, 2.05) is 21.1 Å². The Balaban J connectivity index is 4.21. The number of phosphoric acid groups is 1. The highest BCUT2D eigenvalue weighted by Gasteiger charge is 2.27. The van der Waals surface area contributed by atoms with E-state index >= 15 is 0 Å². The van der Waals surface area contributed by atoms with Crippen molar-refractivity contribution in [3.63, 3.8) is 0 Å². The molecule has 0 aromatic rings. The topological polar surface area (TPSA) is 108 Å². The van der Waals surface area contributed by atoms with Gasteiger partial charge in [0.15, 0.2) is 6.10 Å². The molecular formula is C62H105NO8P+. The number of carbonyl (C=O) groups excluding carboxylic acids is 2. The zero-order valence-electron chi connectivity index (χ0n) is 46.4. The van der Waals surface area contributed by atoms with Crippen LogP contribution in [-0.4, -0.2) is 74.9 Å². The van der Waals surface area contributed by atoms with E-state index in [0.717, 1.165) is 122 Å². The zero-order chi connectivity index (χ0) is 52.7. The van der Waals surface area contributed by atoms with E-state index in [4.69, 9.17) is 18.5 Å². The number of unbranched alkanes of at least 4 members (excludes halogenated alkanes) is 16. The monoisotopic (exact) mass is 1020 g/mol. The second kappa shape index (κ2) is 52.3. The summed E-state index contributed by atoms with van der Waals surface area (Å²) in [5.74, 6) is -0.824. The van der Waals surface area contributed by atoms with Crippen LogP contribution in [0.1, 0.15) is 206 Å². The molecule has 0 rings (SSSR count). The Kier molecular flexibility index (Phi) is 49.7. The molecule has 0 fully saturated rings. The van der Waals surface area contributed by atoms with Crippen molar-refractivity contribution in [3.8, 4) is 0 Å². The molecule has 0 aliphatic rings. The molecule has 0 heterocycles. The minimum Gasteiger partial charge on any atom is -0.462 e. The number of ether oxygens (including phenoxy) is 2. The number of quaternary nitrogens is 1. The first-order chi connectivity index (χ1) is 35.0. The number of carbonyl (C=O) groups is 2. The van der Waals surface area contributed by atoms with Gasteiger partial charge in [-0.25, -0.2) is 4.57 Å². The molecule has 2 unspecified atom stereocenters. The summed E-state index contributed by atoms with van der Waals surface area (Å²) in [6.45, 7) is 4.17. The molecular weight excluding hydrogens is 918 g/mol. The van der Waals surface area contributed by atoms with Crippen molar-refractivity contribution in [1.82, 2.24) is 0 Å². The van der Waals surface area contributed by atoms with Crippen molar-refractivity contribution in [2.24, 2.45) is 0 Å². The maximum Gasteiger partial charge on any atom is 0.472 e. The lowest BCUT2D eigenvalue weighted by Gasteiger charge is -2.24. The zero-order valence-corrected chi connectivity index (χ0v) is 47.3. The van der Waals surface area contributed by atoms with Crippen LogP contribution in [0.25, 0.3) is 0 Å². The predicted molar refractivity (Wildman–Crippen MR) is 307 cm³/mol. The van der Waals surface area contributed by atoms with Gasteiger partial charge in [0, 0.05) is 12.8 Å². The van der Waals surface area contributed by atoms with E-state index in [-0.39, 0.29) is 32.0 Å². The van der Waals surface area contributed by atoms with Crippen molar-refractivity contribution in [2.75, 3.05) is 47.5 Å². The summed E-state index contributed by atoms with van der Waals surface area (Å²) in [6, 6.07) is 0. The van der Waals surface area contributed by atoms with Gasteiger partial charge >= 0.3 is 19.8 Å². The molecule has 2 atom stereocenters. The third kappa shape index (κ3) is 55.7. The van der Waals surface area contributed by atoms with Gasteiger partial charge in [0.25, 0.3) is 0 Å². The van der Waals surface area contributed by atoms with E-state index in [2.05, 4.69) is 135 Å². The Morgan fingerprint density at radius 3 is 1.11 bits per heavy atom. The molecule has 0 aromatic heterocycles. The summed E-state index contributed by atoms with van der Waals surface area (Å²) in [6.07, 6.45) is 74.0. The Labute approximate surface area is 441 Å². The highest BCUT2D eigenvalue weighted by molar-refractivity contribution is 7.47. The average Bonchev–Trinajstić information content (AvgIpc) is 3.34.